The number of aliphatic carboxylic acids is 1. The average molecular weight is 388 g/mol. The third kappa shape index (κ3) is 5.58. The summed E-state index contributed by atoms with van der Waals surface area (Å²) >= 11 is 6.01. The molecular formula is C19H16ClN2O5-. The number of nitrogens with one attached hydrogen (secondary N) is 2. The fourth-order valence-electron chi connectivity index (χ4n) is 2.18. The monoisotopic (exact) mass is 387 g/mol. The molecule has 2 amide bonds. The van der Waals surface area contributed by atoms with Crippen LogP contribution in [-0.2, 0) is 9.59 Å². The Bertz CT molecular complexity index is 895. The van der Waals surface area contributed by atoms with Crippen molar-refractivity contribution in [1.29, 1.82) is 0 Å². The molecule has 8 heteroatoms. The van der Waals surface area contributed by atoms with E-state index in [2.05, 4.69) is 10.6 Å². The van der Waals surface area contributed by atoms with Crippen molar-refractivity contribution in [1.82, 2.24) is 10.6 Å². The van der Waals surface area contributed by atoms with E-state index in [4.69, 9.17) is 16.3 Å². The second-order valence-corrected chi connectivity index (χ2v) is 5.70. The van der Waals surface area contributed by atoms with Crippen LogP contribution < -0.4 is 20.5 Å². The fraction of sp³-hybridized carbons (Fsp3) is 0.105. The maximum Gasteiger partial charge on any atom is 0.268 e. The second kappa shape index (κ2) is 9.40. The highest BCUT2D eigenvalue weighted by molar-refractivity contribution is 6.34. The van der Waals surface area contributed by atoms with Crippen LogP contribution in [0.3, 0.4) is 0 Å². The average Bonchev–Trinajstić information content (AvgIpc) is 2.66. The third-order valence-electron chi connectivity index (χ3n) is 3.44. The van der Waals surface area contributed by atoms with Gasteiger partial charge in [0, 0.05) is 5.56 Å². The number of benzene rings is 2. The number of carbonyl (C=O) groups is 3. The molecule has 27 heavy (non-hydrogen) atoms. The van der Waals surface area contributed by atoms with Crippen molar-refractivity contribution < 1.29 is 24.2 Å². The first kappa shape index (κ1) is 20.0. The van der Waals surface area contributed by atoms with Gasteiger partial charge < -0.3 is 25.3 Å². The van der Waals surface area contributed by atoms with Gasteiger partial charge in [-0.15, -0.1) is 0 Å². The maximum atomic E-state index is 12.5. The van der Waals surface area contributed by atoms with Crippen molar-refractivity contribution in [2.45, 2.75) is 0 Å². The molecule has 0 aliphatic carbocycles. The molecule has 2 aromatic rings. The number of carboxylic acid groups (broad SMARTS) is 1. The Labute approximate surface area is 160 Å². The summed E-state index contributed by atoms with van der Waals surface area (Å²) in [5.74, 6) is -2.41. The van der Waals surface area contributed by atoms with Crippen molar-refractivity contribution in [2.75, 3.05) is 13.7 Å². The van der Waals surface area contributed by atoms with E-state index >= 15 is 0 Å². The summed E-state index contributed by atoms with van der Waals surface area (Å²) in [6.07, 6.45) is 1.37. The number of hydrogen-bond donors (Lipinski definition) is 2. The molecule has 2 N–H and O–H groups in total. The largest absolute Gasteiger partial charge is 0.548 e. The number of hydrogen-bond acceptors (Lipinski definition) is 5. The smallest absolute Gasteiger partial charge is 0.268 e. The van der Waals surface area contributed by atoms with Gasteiger partial charge in [-0.2, -0.15) is 0 Å². The Kier molecular flexibility index (Phi) is 6.96. The minimum atomic E-state index is -1.46. The second-order valence-electron chi connectivity index (χ2n) is 5.29. The molecule has 0 heterocycles. The first-order chi connectivity index (χ1) is 12.9. The SMILES string of the molecule is COc1ccccc1/C=C(/NC(=O)c1ccccc1Cl)C(=O)NCC(=O)[O-]. The van der Waals surface area contributed by atoms with Gasteiger partial charge in [0.2, 0.25) is 0 Å². The molecule has 140 valence electrons. The molecule has 2 aromatic carbocycles. The molecule has 0 aliphatic heterocycles. The molecule has 0 radical (unpaired) electrons. The van der Waals surface area contributed by atoms with Gasteiger partial charge in [0.1, 0.15) is 11.4 Å². The number of halogens is 1. The zero-order valence-electron chi connectivity index (χ0n) is 14.3. The summed E-state index contributed by atoms with van der Waals surface area (Å²) in [5.41, 5.74) is 0.501. The predicted octanol–water partition coefficient (Wildman–Crippen LogP) is 0.986. The quantitative estimate of drug-likeness (QED) is 0.689. The highest BCUT2D eigenvalue weighted by Gasteiger charge is 2.17. The third-order valence-corrected chi connectivity index (χ3v) is 3.77. The number of carboxylic acids is 1. The first-order valence-electron chi connectivity index (χ1n) is 7.81. The fourth-order valence-corrected chi connectivity index (χ4v) is 2.40. The van der Waals surface area contributed by atoms with Gasteiger partial charge >= 0.3 is 0 Å². The van der Waals surface area contributed by atoms with Crippen molar-refractivity contribution >= 4 is 35.5 Å². The molecule has 0 aliphatic rings. The number of carbonyl (C=O) groups excluding carboxylic acids is 3. The molecular weight excluding hydrogens is 372 g/mol. The molecule has 0 bridgehead atoms. The molecule has 0 saturated heterocycles. The zero-order valence-corrected chi connectivity index (χ0v) is 15.1. The topological polar surface area (TPSA) is 108 Å². The van der Waals surface area contributed by atoms with Crippen LogP contribution in [0, 0.1) is 0 Å². The first-order valence-corrected chi connectivity index (χ1v) is 8.18. The summed E-state index contributed by atoms with van der Waals surface area (Å²) in [5, 5.41) is 15.4. The summed E-state index contributed by atoms with van der Waals surface area (Å²) in [6, 6.07) is 13.1. The number of methoxy groups -OCH3 is 1. The minimum Gasteiger partial charge on any atom is -0.548 e. The van der Waals surface area contributed by atoms with Crippen LogP contribution in [0.4, 0.5) is 0 Å². The summed E-state index contributed by atoms with van der Waals surface area (Å²) in [7, 11) is 1.46. The summed E-state index contributed by atoms with van der Waals surface area (Å²) in [4.78, 5) is 35.4. The molecule has 0 aromatic heterocycles. The minimum absolute atomic E-state index is 0.165. The van der Waals surface area contributed by atoms with Gasteiger partial charge in [-0.25, -0.2) is 0 Å². The molecule has 0 spiro atoms. The maximum absolute atomic E-state index is 12.5. The van der Waals surface area contributed by atoms with E-state index in [0.717, 1.165) is 0 Å². The van der Waals surface area contributed by atoms with Crippen LogP contribution in [0.25, 0.3) is 6.08 Å². The van der Waals surface area contributed by atoms with E-state index in [0.29, 0.717) is 11.3 Å². The lowest BCUT2D eigenvalue weighted by Gasteiger charge is -2.13. The molecule has 7 nitrogen and oxygen atoms in total. The Hall–Kier alpha value is -3.32. The van der Waals surface area contributed by atoms with Crippen LogP contribution in [0.5, 0.6) is 5.75 Å². The van der Waals surface area contributed by atoms with E-state index in [1.54, 1.807) is 36.4 Å². The van der Waals surface area contributed by atoms with E-state index in [9.17, 15) is 19.5 Å². The van der Waals surface area contributed by atoms with E-state index < -0.39 is 24.3 Å². The van der Waals surface area contributed by atoms with E-state index in [1.165, 1.54) is 25.3 Å². The van der Waals surface area contributed by atoms with Crippen LogP contribution in [0.2, 0.25) is 5.02 Å². The van der Waals surface area contributed by atoms with Gasteiger partial charge in [0.25, 0.3) is 11.8 Å². The normalized spacial score (nSPS) is 10.8. The van der Waals surface area contributed by atoms with Crippen molar-refractivity contribution in [3.05, 3.63) is 70.4 Å². The van der Waals surface area contributed by atoms with E-state index in [-0.39, 0.29) is 16.3 Å². The lowest BCUT2D eigenvalue weighted by Crippen LogP contribution is -2.41. The number of amides is 2. The highest BCUT2D eigenvalue weighted by Crippen LogP contribution is 2.20. The Morgan fingerprint density at radius 3 is 2.44 bits per heavy atom. The highest BCUT2D eigenvalue weighted by atomic mass is 35.5. The Morgan fingerprint density at radius 1 is 1.11 bits per heavy atom. The van der Waals surface area contributed by atoms with Gasteiger partial charge in [0.15, 0.2) is 0 Å². The summed E-state index contributed by atoms with van der Waals surface area (Å²) in [6.45, 7) is -0.704. The van der Waals surface area contributed by atoms with Gasteiger partial charge in [-0.3, -0.25) is 9.59 Å². The molecule has 0 unspecified atom stereocenters. The zero-order chi connectivity index (χ0) is 19.8. The van der Waals surface area contributed by atoms with Gasteiger partial charge in [-0.1, -0.05) is 41.9 Å². The number of rotatable bonds is 7. The predicted molar refractivity (Wildman–Crippen MR) is 97.9 cm³/mol. The van der Waals surface area contributed by atoms with Crippen molar-refractivity contribution in [3.63, 3.8) is 0 Å². The lowest BCUT2D eigenvalue weighted by molar-refractivity contribution is -0.303. The Balaban J connectivity index is 2.36. The van der Waals surface area contributed by atoms with Crippen LogP contribution in [-0.4, -0.2) is 31.4 Å². The van der Waals surface area contributed by atoms with Gasteiger partial charge in [0.05, 0.1) is 30.2 Å². The van der Waals surface area contributed by atoms with Crippen LogP contribution in [0.1, 0.15) is 15.9 Å². The number of para-hydroxylation sites is 1. The molecule has 0 atom stereocenters. The standard InChI is InChI=1S/C19H17ClN2O5/c1-27-16-9-5-2-6-12(16)10-15(19(26)21-11-17(23)24)22-18(25)13-7-3-4-8-14(13)20/h2-10H,11H2,1H3,(H,21,26)(H,22,25)(H,23,24)/p-1/b15-10+. The van der Waals surface area contributed by atoms with Gasteiger partial charge in [-0.05, 0) is 24.3 Å². The Morgan fingerprint density at radius 2 is 1.78 bits per heavy atom. The summed E-state index contributed by atoms with van der Waals surface area (Å²) < 4.78 is 5.22. The lowest BCUT2D eigenvalue weighted by atomic mass is 10.1. The molecule has 0 fully saturated rings. The molecule has 0 saturated carbocycles. The van der Waals surface area contributed by atoms with Crippen LogP contribution in [0.15, 0.2) is 54.2 Å². The van der Waals surface area contributed by atoms with Crippen molar-refractivity contribution in [3.8, 4) is 5.75 Å². The van der Waals surface area contributed by atoms with E-state index in [1.807, 2.05) is 0 Å². The molecule has 2 rings (SSSR count). The van der Waals surface area contributed by atoms with Crippen LogP contribution >= 0.6 is 11.6 Å². The van der Waals surface area contributed by atoms with Crippen molar-refractivity contribution in [2.24, 2.45) is 0 Å². The number of ether oxygens (including phenoxy) is 1.